The van der Waals surface area contributed by atoms with Gasteiger partial charge in [-0.15, -0.1) is 12.4 Å². The van der Waals surface area contributed by atoms with E-state index in [1.54, 1.807) is 0 Å². The molecule has 0 radical (unpaired) electrons. The fraction of sp³-hybridized carbons (Fsp3) is 0.316. The topological polar surface area (TPSA) is 23.6 Å². The Morgan fingerprint density at radius 3 is 1.87 bits per heavy atom. The van der Waals surface area contributed by atoms with Crippen molar-refractivity contribution in [1.82, 2.24) is 9.80 Å². The van der Waals surface area contributed by atoms with E-state index in [0.717, 1.165) is 38.3 Å². The van der Waals surface area contributed by atoms with Gasteiger partial charge < -0.3 is 4.90 Å². The lowest BCUT2D eigenvalue weighted by Crippen LogP contribution is -2.48. The molecule has 2 aromatic carbocycles. The summed E-state index contributed by atoms with van der Waals surface area (Å²) in [4.78, 5) is 16.8. The van der Waals surface area contributed by atoms with Crippen molar-refractivity contribution in [3.63, 3.8) is 0 Å². The van der Waals surface area contributed by atoms with E-state index in [9.17, 15) is 4.79 Å². The van der Waals surface area contributed by atoms with Crippen LogP contribution in [0.15, 0.2) is 60.7 Å². The van der Waals surface area contributed by atoms with Gasteiger partial charge in [-0.2, -0.15) is 0 Å². The molecule has 23 heavy (non-hydrogen) atoms. The minimum Gasteiger partial charge on any atom is -0.340 e. The summed E-state index contributed by atoms with van der Waals surface area (Å²) in [7, 11) is 0. The van der Waals surface area contributed by atoms with Gasteiger partial charge in [-0.3, -0.25) is 9.69 Å². The number of halogens is 1. The maximum absolute atomic E-state index is 12.3. The highest BCUT2D eigenvalue weighted by Crippen LogP contribution is 2.10. The smallest absolute Gasteiger partial charge is 0.227 e. The molecule has 3 nitrogen and oxygen atoms in total. The van der Waals surface area contributed by atoms with E-state index < -0.39 is 0 Å². The summed E-state index contributed by atoms with van der Waals surface area (Å²) in [5.74, 6) is 0.241. The number of piperazine rings is 1. The second kappa shape index (κ2) is 8.70. The summed E-state index contributed by atoms with van der Waals surface area (Å²) in [6.45, 7) is 4.55. The van der Waals surface area contributed by atoms with Crippen molar-refractivity contribution in [1.29, 1.82) is 0 Å². The summed E-state index contributed by atoms with van der Waals surface area (Å²) in [5, 5.41) is 0. The van der Waals surface area contributed by atoms with Gasteiger partial charge >= 0.3 is 0 Å². The van der Waals surface area contributed by atoms with Crippen LogP contribution in [0, 0.1) is 0 Å². The fourth-order valence-electron chi connectivity index (χ4n) is 2.88. The van der Waals surface area contributed by atoms with Crippen molar-refractivity contribution in [2.75, 3.05) is 26.2 Å². The number of carbonyl (C=O) groups excluding carboxylic acids is 1. The standard InChI is InChI=1S/C19H22N2O.ClH/c22-19(15-17-7-3-1-4-8-17)21-13-11-20(12-14-21)16-18-9-5-2-6-10-18;/h1-10H,11-16H2;1H. The Balaban J connectivity index is 0.00000192. The number of amides is 1. The molecule has 4 heteroatoms. The molecular formula is C19H23ClN2O. The largest absolute Gasteiger partial charge is 0.340 e. The lowest BCUT2D eigenvalue weighted by molar-refractivity contribution is -0.132. The minimum absolute atomic E-state index is 0. The first-order chi connectivity index (χ1) is 10.8. The quantitative estimate of drug-likeness (QED) is 0.860. The maximum Gasteiger partial charge on any atom is 0.227 e. The zero-order chi connectivity index (χ0) is 15.2. The van der Waals surface area contributed by atoms with Crippen LogP contribution in [0.5, 0.6) is 0 Å². The lowest BCUT2D eigenvalue weighted by Gasteiger charge is -2.34. The highest BCUT2D eigenvalue weighted by atomic mass is 35.5. The molecule has 0 spiro atoms. The molecular weight excluding hydrogens is 308 g/mol. The Bertz CT molecular complexity index is 595. The molecule has 0 aliphatic carbocycles. The third-order valence-electron chi connectivity index (χ3n) is 4.17. The maximum atomic E-state index is 12.3. The summed E-state index contributed by atoms with van der Waals surface area (Å²) in [6, 6.07) is 20.5. The first kappa shape index (κ1) is 17.5. The minimum atomic E-state index is 0. The number of benzene rings is 2. The van der Waals surface area contributed by atoms with Gasteiger partial charge in [0.05, 0.1) is 6.42 Å². The molecule has 3 rings (SSSR count). The molecule has 0 N–H and O–H groups in total. The summed E-state index contributed by atoms with van der Waals surface area (Å²) in [5.41, 5.74) is 2.44. The van der Waals surface area contributed by atoms with Crippen molar-refractivity contribution >= 4 is 18.3 Å². The van der Waals surface area contributed by atoms with Crippen molar-refractivity contribution in [3.05, 3.63) is 71.8 Å². The molecule has 1 fully saturated rings. The van der Waals surface area contributed by atoms with Crippen LogP contribution < -0.4 is 0 Å². The monoisotopic (exact) mass is 330 g/mol. The van der Waals surface area contributed by atoms with Gasteiger partial charge in [-0.25, -0.2) is 0 Å². The normalized spacial score (nSPS) is 15.0. The van der Waals surface area contributed by atoms with Gasteiger partial charge in [-0.05, 0) is 11.1 Å². The van der Waals surface area contributed by atoms with Crippen molar-refractivity contribution < 1.29 is 4.79 Å². The molecule has 0 atom stereocenters. The molecule has 1 heterocycles. The van der Waals surface area contributed by atoms with E-state index in [-0.39, 0.29) is 18.3 Å². The number of hydrogen-bond donors (Lipinski definition) is 0. The van der Waals surface area contributed by atoms with Crippen LogP contribution >= 0.6 is 12.4 Å². The second-order valence-electron chi connectivity index (χ2n) is 5.80. The predicted octanol–water partition coefficient (Wildman–Crippen LogP) is 3.00. The van der Waals surface area contributed by atoms with Crippen molar-refractivity contribution in [2.45, 2.75) is 13.0 Å². The highest BCUT2D eigenvalue weighted by molar-refractivity contribution is 5.85. The van der Waals surface area contributed by atoms with Gasteiger partial charge in [0.2, 0.25) is 5.91 Å². The van der Waals surface area contributed by atoms with Crippen LogP contribution in [0.1, 0.15) is 11.1 Å². The zero-order valence-electron chi connectivity index (χ0n) is 13.2. The van der Waals surface area contributed by atoms with Gasteiger partial charge in [0.15, 0.2) is 0 Å². The van der Waals surface area contributed by atoms with Gasteiger partial charge in [0.1, 0.15) is 0 Å². The van der Waals surface area contributed by atoms with Crippen LogP contribution in [0.25, 0.3) is 0 Å². The molecule has 0 aromatic heterocycles. The van der Waals surface area contributed by atoms with E-state index in [1.165, 1.54) is 5.56 Å². The molecule has 0 unspecified atom stereocenters. The third kappa shape index (κ3) is 5.08. The van der Waals surface area contributed by atoms with Gasteiger partial charge in [0, 0.05) is 32.7 Å². The van der Waals surface area contributed by atoms with Crippen LogP contribution in [0.2, 0.25) is 0 Å². The number of nitrogens with zero attached hydrogens (tertiary/aromatic N) is 2. The Morgan fingerprint density at radius 2 is 1.30 bits per heavy atom. The Morgan fingerprint density at radius 1 is 0.783 bits per heavy atom. The van der Waals surface area contributed by atoms with Crippen LogP contribution in [-0.2, 0) is 17.8 Å². The van der Waals surface area contributed by atoms with Crippen LogP contribution in [-0.4, -0.2) is 41.9 Å². The first-order valence-corrected chi connectivity index (χ1v) is 7.89. The van der Waals surface area contributed by atoms with E-state index in [0.29, 0.717) is 6.42 Å². The Kier molecular flexibility index (Phi) is 6.63. The molecule has 0 bridgehead atoms. The number of rotatable bonds is 4. The van der Waals surface area contributed by atoms with Gasteiger partial charge in [-0.1, -0.05) is 60.7 Å². The van der Waals surface area contributed by atoms with Crippen LogP contribution in [0.3, 0.4) is 0 Å². The second-order valence-corrected chi connectivity index (χ2v) is 5.80. The molecule has 1 amide bonds. The predicted molar refractivity (Wildman–Crippen MR) is 95.7 cm³/mol. The molecule has 122 valence electrons. The molecule has 1 aliphatic rings. The van der Waals surface area contributed by atoms with Gasteiger partial charge in [0.25, 0.3) is 0 Å². The molecule has 2 aromatic rings. The summed E-state index contributed by atoms with van der Waals surface area (Å²) >= 11 is 0. The van der Waals surface area contributed by atoms with Crippen LogP contribution in [0.4, 0.5) is 0 Å². The average Bonchev–Trinajstić information content (AvgIpc) is 2.57. The van der Waals surface area contributed by atoms with E-state index >= 15 is 0 Å². The summed E-state index contributed by atoms with van der Waals surface area (Å²) in [6.07, 6.45) is 0.513. The Hall–Kier alpha value is -1.84. The number of hydrogen-bond acceptors (Lipinski definition) is 2. The SMILES string of the molecule is Cl.O=C(Cc1ccccc1)N1CCN(Cc2ccccc2)CC1. The average molecular weight is 331 g/mol. The van der Waals surface area contributed by atoms with E-state index in [2.05, 4.69) is 29.2 Å². The summed E-state index contributed by atoms with van der Waals surface area (Å²) < 4.78 is 0. The molecule has 0 saturated carbocycles. The van der Waals surface area contributed by atoms with Crippen molar-refractivity contribution in [3.8, 4) is 0 Å². The highest BCUT2D eigenvalue weighted by Gasteiger charge is 2.20. The van der Waals surface area contributed by atoms with Crippen molar-refractivity contribution in [2.24, 2.45) is 0 Å². The van der Waals surface area contributed by atoms with E-state index in [1.807, 2.05) is 41.3 Å². The van der Waals surface area contributed by atoms with E-state index in [4.69, 9.17) is 0 Å². The fourth-order valence-corrected chi connectivity index (χ4v) is 2.88. The lowest BCUT2D eigenvalue weighted by atomic mass is 10.1. The molecule has 1 aliphatic heterocycles. The number of carbonyl (C=O) groups is 1. The first-order valence-electron chi connectivity index (χ1n) is 7.89. The Labute approximate surface area is 144 Å². The third-order valence-corrected chi connectivity index (χ3v) is 4.17. The zero-order valence-corrected chi connectivity index (χ0v) is 14.0. The molecule has 1 saturated heterocycles.